The summed E-state index contributed by atoms with van der Waals surface area (Å²) in [6.45, 7) is 3.89. The molecule has 16 heteroatoms. The number of nitrogens with one attached hydrogen (secondary N) is 3. The molecule has 9 rings (SSSR count). The lowest BCUT2D eigenvalue weighted by molar-refractivity contribution is -0.141. The summed E-state index contributed by atoms with van der Waals surface area (Å²) in [4.78, 5) is 63.2. The van der Waals surface area contributed by atoms with Crippen molar-refractivity contribution in [2.75, 3.05) is 6.54 Å². The van der Waals surface area contributed by atoms with Crippen LogP contribution in [0.25, 0.3) is 33.3 Å². The van der Waals surface area contributed by atoms with Gasteiger partial charge in [-0.1, -0.05) is 37.1 Å². The minimum atomic E-state index is -3.92. The van der Waals surface area contributed by atoms with Gasteiger partial charge < -0.3 is 34.2 Å². The number of alkyl carbamates (subject to hydrolysis) is 1. The van der Waals surface area contributed by atoms with E-state index in [1.165, 1.54) is 4.90 Å². The minimum absolute atomic E-state index is 0.00252. The molecule has 63 heavy (non-hydrogen) atoms. The van der Waals surface area contributed by atoms with Gasteiger partial charge in [0.25, 0.3) is 5.91 Å². The van der Waals surface area contributed by atoms with E-state index in [-0.39, 0.29) is 31.6 Å². The van der Waals surface area contributed by atoms with Gasteiger partial charge in [-0.2, -0.15) is 0 Å². The van der Waals surface area contributed by atoms with Crippen molar-refractivity contribution in [3.8, 4) is 22.8 Å². The third kappa shape index (κ3) is 9.23. The van der Waals surface area contributed by atoms with Crippen LogP contribution in [0.2, 0.25) is 0 Å². The van der Waals surface area contributed by atoms with Crippen molar-refractivity contribution in [2.24, 2.45) is 5.92 Å². The molecule has 3 N–H and O–H groups in total. The first kappa shape index (κ1) is 42.7. The lowest BCUT2D eigenvalue weighted by Crippen LogP contribution is -2.58. The van der Waals surface area contributed by atoms with E-state index < -0.39 is 68.7 Å². The summed E-state index contributed by atoms with van der Waals surface area (Å²) < 4.78 is 53.0. The summed E-state index contributed by atoms with van der Waals surface area (Å²) >= 11 is 0. The van der Waals surface area contributed by atoms with Crippen LogP contribution in [0.1, 0.15) is 97.3 Å². The molecule has 0 bridgehead atoms. The zero-order valence-electron chi connectivity index (χ0n) is 35.7. The molecule has 4 amide bonds. The fourth-order valence-electron chi connectivity index (χ4n) is 9.22. The summed E-state index contributed by atoms with van der Waals surface area (Å²) in [5.41, 5.74) is 1.46. The first-order valence-corrected chi connectivity index (χ1v) is 24.0. The quantitative estimate of drug-likeness (QED) is 0.141. The van der Waals surface area contributed by atoms with Crippen molar-refractivity contribution in [1.82, 2.24) is 25.2 Å². The van der Waals surface area contributed by atoms with Gasteiger partial charge in [0.15, 0.2) is 11.3 Å². The third-order valence-electron chi connectivity index (χ3n) is 12.8. The molecule has 1 saturated heterocycles. The number of nitrogens with zero attached hydrogens (tertiary/aromatic N) is 2. The van der Waals surface area contributed by atoms with Crippen LogP contribution in [0.15, 0.2) is 71.2 Å². The number of hydrogen-bond donors (Lipinski definition) is 3. The molecule has 2 aliphatic heterocycles. The average molecular weight is 882 g/mol. The summed E-state index contributed by atoms with van der Waals surface area (Å²) in [7, 11) is -3.92. The highest BCUT2D eigenvalue weighted by Crippen LogP contribution is 2.46. The number of para-hydroxylation sites is 1. The number of amides is 4. The van der Waals surface area contributed by atoms with Crippen molar-refractivity contribution >= 4 is 55.9 Å². The number of hydrogen-bond acceptors (Lipinski definition) is 11. The first-order valence-electron chi connectivity index (χ1n) is 22.5. The van der Waals surface area contributed by atoms with Gasteiger partial charge in [0.1, 0.15) is 46.7 Å². The highest BCUT2D eigenvalue weighted by atomic mass is 32.2. The maximum Gasteiger partial charge on any atom is 0.408 e. The average Bonchev–Trinajstić information content (AvgIpc) is 4.06. The Hall–Kier alpha value is -5.64. The molecule has 4 aromatic rings. The largest absolute Gasteiger partial charge is 0.491 e. The van der Waals surface area contributed by atoms with Crippen LogP contribution >= 0.6 is 0 Å². The van der Waals surface area contributed by atoms with Gasteiger partial charge >= 0.3 is 6.09 Å². The molecule has 0 radical (unpaired) electrons. The van der Waals surface area contributed by atoms with Crippen LogP contribution in [-0.2, 0) is 29.1 Å². The SMILES string of the molecule is CC(C)Oc1ccc(-c2cc(O[C@@H]3C[C@H]4C(=O)N[C@]5(C(=O)NS(=O)(=O)C6CC6)C[C@H]5C=CCCCCC[C@H](NC(=O)OC5CCCC5)C(=O)N4C3)c3oc4ccccc4c3n2)cc1. The van der Waals surface area contributed by atoms with Gasteiger partial charge in [-0.05, 0) is 114 Å². The normalized spacial score (nSPS) is 25.8. The second-order valence-electron chi connectivity index (χ2n) is 18.0. The molecule has 3 saturated carbocycles. The predicted octanol–water partition coefficient (Wildman–Crippen LogP) is 6.82. The number of carbonyl (C=O) groups excluding carboxylic acids is 4. The Balaban J connectivity index is 1.05. The molecular weight excluding hydrogens is 827 g/mol. The number of benzene rings is 2. The molecule has 334 valence electrons. The Labute approximate surface area is 366 Å². The number of carbonyl (C=O) groups is 4. The fraction of sp³-hybridized carbons (Fsp3) is 0.511. The van der Waals surface area contributed by atoms with Crippen molar-refractivity contribution in [3.63, 3.8) is 0 Å². The molecule has 0 spiro atoms. The molecule has 4 fully saturated rings. The molecular formula is C47H55N5O10S. The predicted molar refractivity (Wildman–Crippen MR) is 234 cm³/mol. The van der Waals surface area contributed by atoms with E-state index in [1.807, 2.05) is 74.5 Å². The topological polar surface area (TPSA) is 195 Å². The number of rotatable bonds is 10. The lowest BCUT2D eigenvalue weighted by atomic mass is 10.0. The van der Waals surface area contributed by atoms with Crippen LogP contribution in [0.3, 0.4) is 0 Å². The van der Waals surface area contributed by atoms with Crippen LogP contribution in [0, 0.1) is 5.92 Å². The Morgan fingerprint density at radius 3 is 2.48 bits per heavy atom. The minimum Gasteiger partial charge on any atom is -0.491 e. The van der Waals surface area contributed by atoms with E-state index in [0.29, 0.717) is 66.0 Å². The monoisotopic (exact) mass is 881 g/mol. The van der Waals surface area contributed by atoms with E-state index in [4.69, 9.17) is 23.6 Å². The Morgan fingerprint density at radius 2 is 1.71 bits per heavy atom. The number of allylic oxidation sites excluding steroid dienone is 1. The van der Waals surface area contributed by atoms with Crippen LogP contribution < -0.4 is 24.8 Å². The van der Waals surface area contributed by atoms with Gasteiger partial charge in [0.2, 0.25) is 21.8 Å². The highest BCUT2D eigenvalue weighted by molar-refractivity contribution is 7.91. The van der Waals surface area contributed by atoms with E-state index in [2.05, 4.69) is 15.4 Å². The first-order chi connectivity index (χ1) is 30.4. The van der Waals surface area contributed by atoms with Crippen LogP contribution in [-0.4, -0.2) is 89.8 Å². The second-order valence-corrected chi connectivity index (χ2v) is 19.9. The summed E-state index contributed by atoms with van der Waals surface area (Å²) in [6, 6.07) is 14.8. The van der Waals surface area contributed by atoms with Gasteiger partial charge in [-0.25, -0.2) is 18.2 Å². The standard InChI is InChI=1S/C47H55N5O10S/c1-28(2)59-32-20-18-29(19-21-32)37-25-40(42-41(48-37)35-15-10-11-17-39(35)62-42)60-33-24-38-43(53)50-47(45(55)51-63(57,58)34-22-23-34)26-30(47)12-6-4-3-5-7-16-36(44(54)52(38)27-33)49-46(56)61-31-13-8-9-14-31/h6,10-12,15,17-21,25,28,30-31,33-34,36,38H,3-5,7-9,13-14,16,22-24,26-27H2,1-2H3,(H,49,56)(H,50,53)(H,51,55)/t30-,33-,36+,38+,47-/m1/s1. The van der Waals surface area contributed by atoms with Crippen LogP contribution in [0.5, 0.6) is 11.5 Å². The van der Waals surface area contributed by atoms with E-state index in [0.717, 1.165) is 49.5 Å². The summed E-state index contributed by atoms with van der Waals surface area (Å²) in [5, 5.41) is 5.91. The number of sulfonamides is 1. The Bertz CT molecular complexity index is 2530. The Morgan fingerprint density at radius 1 is 0.952 bits per heavy atom. The molecule has 0 unspecified atom stereocenters. The number of ether oxygens (including phenoxy) is 3. The second kappa shape index (κ2) is 17.5. The molecule has 15 nitrogen and oxygen atoms in total. The highest BCUT2D eigenvalue weighted by Gasteiger charge is 2.62. The molecule has 2 aromatic carbocycles. The number of aromatic nitrogens is 1. The number of furan rings is 1. The van der Waals surface area contributed by atoms with E-state index >= 15 is 0 Å². The van der Waals surface area contributed by atoms with Crippen molar-refractivity contribution < 1.29 is 46.2 Å². The van der Waals surface area contributed by atoms with Gasteiger partial charge in [-0.3, -0.25) is 19.1 Å². The Kier molecular flexibility index (Phi) is 11.8. The van der Waals surface area contributed by atoms with E-state index in [1.54, 1.807) is 6.07 Å². The van der Waals surface area contributed by atoms with Gasteiger partial charge in [-0.15, -0.1) is 0 Å². The maximum absolute atomic E-state index is 14.8. The molecule has 5 aliphatic rings. The molecule has 2 aromatic heterocycles. The molecule has 4 heterocycles. The molecule has 3 aliphatic carbocycles. The maximum atomic E-state index is 14.8. The van der Waals surface area contributed by atoms with Gasteiger partial charge in [0, 0.05) is 29.4 Å². The third-order valence-corrected chi connectivity index (χ3v) is 14.6. The fourth-order valence-corrected chi connectivity index (χ4v) is 10.6. The van der Waals surface area contributed by atoms with E-state index in [9.17, 15) is 27.6 Å². The number of pyridine rings is 1. The van der Waals surface area contributed by atoms with Crippen molar-refractivity contribution in [2.45, 2.75) is 139 Å². The summed E-state index contributed by atoms with van der Waals surface area (Å²) in [6.07, 6.45) is 10.00. The van der Waals surface area contributed by atoms with Crippen molar-refractivity contribution in [3.05, 3.63) is 66.7 Å². The van der Waals surface area contributed by atoms with Crippen LogP contribution in [0.4, 0.5) is 4.79 Å². The van der Waals surface area contributed by atoms with Gasteiger partial charge in [0.05, 0.1) is 23.6 Å². The lowest BCUT2D eigenvalue weighted by Gasteiger charge is -2.30. The zero-order chi connectivity index (χ0) is 43.9. The summed E-state index contributed by atoms with van der Waals surface area (Å²) in [5.74, 6) is -1.26. The smallest absolute Gasteiger partial charge is 0.408 e. The zero-order valence-corrected chi connectivity index (χ0v) is 36.5. The molecule has 5 atom stereocenters. The number of fused-ring (bicyclic) bond motifs is 5. The van der Waals surface area contributed by atoms with Crippen molar-refractivity contribution in [1.29, 1.82) is 0 Å².